The SMILES string of the molecule is CNC[C@@]12C=Cc3cc(O)cc4ccc(c1c34)Nc1cc(ccn1)[C@]1(CCC[C@@H]1Cc1ccc[n-]1)[C@@H]([C@H](O)CCc1ccc(O)c(OC)c1)C(=O)C[C@@H](c1cc(O)c(O)c(OC)c1)C2. The molecule has 2 aromatic heterocycles. The highest BCUT2D eigenvalue weighted by Crippen LogP contribution is 2.56. The predicted molar refractivity (Wildman–Crippen MR) is 246 cm³/mol. The molecule has 3 heterocycles. The number of rotatable bonds is 11. The molecule has 1 aliphatic heterocycles. The Morgan fingerprint density at radius 2 is 1.81 bits per heavy atom. The molecular formula is C52H55N4O8-. The third kappa shape index (κ3) is 7.58. The van der Waals surface area contributed by atoms with E-state index < -0.39 is 34.5 Å². The molecule has 1 spiro atoms. The second kappa shape index (κ2) is 17.2. The van der Waals surface area contributed by atoms with E-state index in [1.165, 1.54) is 20.3 Å². The summed E-state index contributed by atoms with van der Waals surface area (Å²) in [5.41, 5.74) is 4.29. The second-order valence-corrected chi connectivity index (χ2v) is 17.9. The van der Waals surface area contributed by atoms with Gasteiger partial charge in [-0.3, -0.25) is 4.79 Å². The summed E-state index contributed by atoms with van der Waals surface area (Å²) in [6.07, 6.45) is 10.6. The van der Waals surface area contributed by atoms with Gasteiger partial charge in [0.15, 0.2) is 23.0 Å². The highest BCUT2D eigenvalue weighted by Gasteiger charge is 2.55. The van der Waals surface area contributed by atoms with Gasteiger partial charge in [-0.2, -0.15) is 11.9 Å². The summed E-state index contributed by atoms with van der Waals surface area (Å²) in [6, 6.07) is 23.9. The molecule has 0 saturated heterocycles. The summed E-state index contributed by atoms with van der Waals surface area (Å²) in [6.45, 7) is 0.456. The van der Waals surface area contributed by atoms with Crippen LogP contribution in [0.25, 0.3) is 16.8 Å². The number of ether oxygens (including phenoxy) is 2. The average Bonchev–Trinajstić information content (AvgIpc) is 3.96. The smallest absolute Gasteiger partial charge is 0.200 e. The van der Waals surface area contributed by atoms with Crippen LogP contribution in [-0.4, -0.2) is 70.2 Å². The molecule has 3 aliphatic rings. The molecule has 64 heavy (non-hydrogen) atoms. The van der Waals surface area contributed by atoms with Crippen LogP contribution in [0.1, 0.15) is 78.0 Å². The summed E-state index contributed by atoms with van der Waals surface area (Å²) in [4.78, 5) is 25.7. The van der Waals surface area contributed by atoms with Gasteiger partial charge in [0.25, 0.3) is 0 Å². The monoisotopic (exact) mass is 863 g/mol. The maximum absolute atomic E-state index is 16.1. The number of Topliss-reactive ketones (excluding diaryl/α,β-unsaturated/α-hetero) is 1. The van der Waals surface area contributed by atoms with Crippen molar-refractivity contribution in [3.05, 3.63) is 131 Å². The number of phenols is 4. The summed E-state index contributed by atoms with van der Waals surface area (Å²) in [5.74, 6) is -1.24. The van der Waals surface area contributed by atoms with Crippen molar-refractivity contribution in [1.29, 1.82) is 0 Å². The molecule has 6 aromatic rings. The number of hydrogen-bond donors (Lipinski definition) is 7. The Labute approximate surface area is 372 Å². The highest BCUT2D eigenvalue weighted by atomic mass is 16.5. The predicted octanol–water partition coefficient (Wildman–Crippen LogP) is 8.30. The van der Waals surface area contributed by atoms with Crippen molar-refractivity contribution in [2.24, 2.45) is 11.8 Å². The Kier molecular flexibility index (Phi) is 11.5. The molecule has 1 saturated carbocycles. The van der Waals surface area contributed by atoms with E-state index in [1.807, 2.05) is 43.5 Å². The van der Waals surface area contributed by atoms with Crippen LogP contribution in [0.15, 0.2) is 97.3 Å². The van der Waals surface area contributed by atoms with E-state index in [-0.39, 0.29) is 47.5 Å². The summed E-state index contributed by atoms with van der Waals surface area (Å²) in [5, 5.41) is 65.2. The van der Waals surface area contributed by atoms with Crippen molar-refractivity contribution in [2.75, 3.05) is 33.1 Å². The first-order valence-corrected chi connectivity index (χ1v) is 22.1. The molecule has 6 atom stereocenters. The zero-order valence-corrected chi connectivity index (χ0v) is 36.3. The Morgan fingerprint density at radius 1 is 0.969 bits per heavy atom. The molecule has 0 radical (unpaired) electrons. The van der Waals surface area contributed by atoms with Crippen LogP contribution in [0.3, 0.4) is 0 Å². The van der Waals surface area contributed by atoms with Crippen molar-refractivity contribution in [3.8, 4) is 34.5 Å². The molecule has 2 bridgehead atoms. The van der Waals surface area contributed by atoms with Gasteiger partial charge < -0.3 is 50.6 Å². The average molecular weight is 864 g/mol. The van der Waals surface area contributed by atoms with Gasteiger partial charge in [-0.05, 0) is 151 Å². The third-order valence-electron chi connectivity index (χ3n) is 14.3. The van der Waals surface area contributed by atoms with Crippen molar-refractivity contribution in [2.45, 2.75) is 74.2 Å². The number of aromatic hydroxyl groups is 4. The number of phenolic OH excluding ortho intramolecular Hbond substituents is 4. The molecule has 2 aliphatic carbocycles. The zero-order valence-electron chi connectivity index (χ0n) is 36.3. The lowest BCUT2D eigenvalue weighted by atomic mass is 9.58. The maximum Gasteiger partial charge on any atom is 0.200 e. The van der Waals surface area contributed by atoms with Crippen molar-refractivity contribution >= 4 is 34.1 Å². The quantitative estimate of drug-likeness (QED) is 0.0619. The van der Waals surface area contributed by atoms with Crippen molar-refractivity contribution in [3.63, 3.8) is 0 Å². The Hall–Kier alpha value is -6.50. The molecule has 0 amide bonds. The number of nitrogens with zero attached hydrogens (tertiary/aromatic N) is 2. The standard InChI is InChI=1S/C52H55N4O8/c1-53-29-51-17-14-32-22-38(57)21-31-10-11-39(48(51)47(31)32)56-46-27-36(15-19-55-46)52(16-4-6-35(52)26-37-7-5-18-54-37)49(41(59)13-9-30-8-12-40(58)44(20-30)63-2)42(60)24-34(28-51)33-23-43(61)50(62)45(25-33)64-3/h5,7-8,10-12,14-15,17-23,25,27,34-35,41,49,53,57-59,61-62H,4,6,9,13,16,24,26,28-29H2,1-3H3,(H,55,56)/q-1/t34-,35-,41-,49+,51+,52-/m1/s1. The van der Waals surface area contributed by atoms with E-state index in [0.717, 1.165) is 57.2 Å². The molecule has 332 valence electrons. The Morgan fingerprint density at radius 3 is 2.59 bits per heavy atom. The molecule has 9 rings (SSSR count). The number of aryl methyl sites for hydroxylation is 1. The number of benzene rings is 4. The lowest BCUT2D eigenvalue weighted by molar-refractivity contribution is -0.132. The first-order valence-electron chi connectivity index (χ1n) is 22.1. The first-order chi connectivity index (χ1) is 31.0. The van der Waals surface area contributed by atoms with Gasteiger partial charge in [-0.15, -0.1) is 0 Å². The lowest BCUT2D eigenvalue weighted by Gasteiger charge is -2.46. The number of pyridine rings is 1. The number of aliphatic hydroxyl groups is 1. The van der Waals surface area contributed by atoms with E-state index in [1.54, 1.807) is 48.8 Å². The van der Waals surface area contributed by atoms with Crippen LogP contribution >= 0.6 is 0 Å². The normalized spacial score (nSPS) is 23.2. The van der Waals surface area contributed by atoms with Gasteiger partial charge in [0.1, 0.15) is 17.4 Å². The minimum Gasteiger partial charge on any atom is -0.668 e. The molecule has 7 N–H and O–H groups in total. The van der Waals surface area contributed by atoms with E-state index in [0.29, 0.717) is 49.4 Å². The van der Waals surface area contributed by atoms with Crippen LogP contribution in [0, 0.1) is 11.8 Å². The summed E-state index contributed by atoms with van der Waals surface area (Å²) in [7, 11) is 4.82. The van der Waals surface area contributed by atoms with E-state index in [9.17, 15) is 25.5 Å². The zero-order chi connectivity index (χ0) is 44.8. The minimum atomic E-state index is -1.10. The van der Waals surface area contributed by atoms with Crippen molar-refractivity contribution in [1.82, 2.24) is 15.3 Å². The number of methoxy groups -OCH3 is 2. The topological polar surface area (TPSA) is 188 Å². The third-order valence-corrected chi connectivity index (χ3v) is 14.3. The number of fused-ring (bicyclic) bond motifs is 3. The first kappa shape index (κ1) is 42.8. The van der Waals surface area contributed by atoms with Crippen LogP contribution in [0.4, 0.5) is 11.5 Å². The van der Waals surface area contributed by atoms with Crippen LogP contribution in [-0.2, 0) is 28.5 Å². The van der Waals surface area contributed by atoms with E-state index in [4.69, 9.17) is 19.4 Å². The number of nitrogens with one attached hydrogen (secondary N) is 2. The lowest BCUT2D eigenvalue weighted by Crippen LogP contribution is -2.50. The van der Waals surface area contributed by atoms with Gasteiger partial charge in [0.05, 0.1) is 26.2 Å². The Balaban J connectivity index is 1.28. The van der Waals surface area contributed by atoms with Crippen LogP contribution in [0.2, 0.25) is 0 Å². The second-order valence-electron chi connectivity index (χ2n) is 17.9. The van der Waals surface area contributed by atoms with E-state index >= 15 is 4.79 Å². The maximum atomic E-state index is 16.1. The molecule has 1 fully saturated rings. The van der Waals surface area contributed by atoms with E-state index in [2.05, 4.69) is 22.8 Å². The molecule has 12 heteroatoms. The number of anilines is 2. The fourth-order valence-electron chi connectivity index (χ4n) is 11.6. The number of carbonyl (C=O) groups is 1. The number of aliphatic hydroxyl groups excluding tert-OH is 1. The van der Waals surface area contributed by atoms with Gasteiger partial charge in [-0.1, -0.05) is 42.8 Å². The highest BCUT2D eigenvalue weighted by molar-refractivity contribution is 6.01. The van der Waals surface area contributed by atoms with Crippen molar-refractivity contribution < 1.29 is 39.8 Å². The fraction of sp³-hybridized carbons (Fsp3) is 0.346. The fourth-order valence-corrected chi connectivity index (χ4v) is 11.6. The van der Waals surface area contributed by atoms with Gasteiger partial charge >= 0.3 is 0 Å². The number of carbonyl (C=O) groups excluding carboxylic acids is 1. The molecule has 4 aromatic carbocycles. The summed E-state index contributed by atoms with van der Waals surface area (Å²) >= 11 is 0. The molecule has 12 nitrogen and oxygen atoms in total. The number of ketones is 1. The Bertz CT molecular complexity index is 2730. The number of likely N-dealkylation sites (N-methyl/N-ethyl adjacent to an activating group) is 1. The number of hydrogen-bond acceptors (Lipinski definition) is 11. The van der Waals surface area contributed by atoms with Crippen LogP contribution in [0.5, 0.6) is 34.5 Å². The minimum absolute atomic E-state index is 0.0103. The van der Waals surface area contributed by atoms with Gasteiger partial charge in [-0.25, -0.2) is 4.98 Å². The number of aromatic nitrogens is 2. The molecule has 0 unspecified atom stereocenters. The van der Waals surface area contributed by atoms with Gasteiger partial charge in [0.2, 0.25) is 5.75 Å². The van der Waals surface area contributed by atoms with Crippen LogP contribution < -0.4 is 25.1 Å². The largest absolute Gasteiger partial charge is 0.668 e. The summed E-state index contributed by atoms with van der Waals surface area (Å²) < 4.78 is 11.0. The van der Waals surface area contributed by atoms with Gasteiger partial charge in [0, 0.05) is 35.7 Å². The molecular weight excluding hydrogens is 809 g/mol.